The molecule has 0 N–H and O–H groups in total. The van der Waals surface area contributed by atoms with E-state index >= 15 is 0 Å². The summed E-state index contributed by atoms with van der Waals surface area (Å²) >= 11 is 0. The Labute approximate surface area is 163 Å². The predicted octanol–water partition coefficient (Wildman–Crippen LogP) is 2.13. The van der Waals surface area contributed by atoms with E-state index in [1.807, 2.05) is 17.0 Å². The molecule has 0 saturated carbocycles. The molecule has 6 nitrogen and oxygen atoms in total. The Morgan fingerprint density at radius 2 is 1.56 bits per heavy atom. The van der Waals surface area contributed by atoms with Crippen LogP contribution in [0.2, 0.25) is 0 Å². The second-order valence-corrected chi connectivity index (χ2v) is 9.75. The lowest BCUT2D eigenvalue weighted by Crippen LogP contribution is -2.50. The molecule has 2 heterocycles. The largest absolute Gasteiger partial charge is 0.340 e. The van der Waals surface area contributed by atoms with Gasteiger partial charge in [0.15, 0.2) is 0 Å². The van der Waals surface area contributed by atoms with Crippen molar-refractivity contribution < 1.29 is 13.2 Å². The van der Waals surface area contributed by atoms with Crippen LogP contribution in [0.25, 0.3) is 0 Å². The summed E-state index contributed by atoms with van der Waals surface area (Å²) < 4.78 is 27.2. The molecule has 2 fully saturated rings. The quantitative estimate of drug-likeness (QED) is 0.743. The van der Waals surface area contributed by atoms with E-state index in [1.165, 1.54) is 17.1 Å². The smallest absolute Gasteiger partial charge is 0.243 e. The first kappa shape index (κ1) is 20.3. The van der Waals surface area contributed by atoms with Gasteiger partial charge in [-0.3, -0.25) is 4.79 Å². The van der Waals surface area contributed by atoms with E-state index < -0.39 is 10.0 Å². The molecule has 0 atom stereocenters. The van der Waals surface area contributed by atoms with Crippen molar-refractivity contribution in [2.75, 3.05) is 45.8 Å². The molecule has 2 saturated heterocycles. The van der Waals surface area contributed by atoms with Crippen LogP contribution in [0.4, 0.5) is 0 Å². The number of hydrogen-bond acceptors (Lipinski definition) is 4. The van der Waals surface area contributed by atoms with Crippen molar-refractivity contribution >= 4 is 15.9 Å². The minimum atomic E-state index is -3.49. The lowest BCUT2D eigenvalue weighted by molar-refractivity contribution is -0.132. The van der Waals surface area contributed by atoms with Gasteiger partial charge in [0.25, 0.3) is 0 Å². The normalized spacial score (nSPS) is 19.7. The molecule has 2 aliphatic heterocycles. The van der Waals surface area contributed by atoms with Gasteiger partial charge in [-0.15, -0.1) is 0 Å². The fourth-order valence-electron chi connectivity index (χ4n) is 3.77. The van der Waals surface area contributed by atoms with Crippen molar-refractivity contribution in [2.45, 2.75) is 43.9 Å². The predicted molar refractivity (Wildman–Crippen MR) is 106 cm³/mol. The van der Waals surface area contributed by atoms with Gasteiger partial charge >= 0.3 is 0 Å². The maximum Gasteiger partial charge on any atom is 0.243 e. The van der Waals surface area contributed by atoms with E-state index in [2.05, 4.69) is 18.7 Å². The minimum Gasteiger partial charge on any atom is -0.340 e. The third kappa shape index (κ3) is 4.89. The fraction of sp³-hybridized carbons (Fsp3) is 0.650. The summed E-state index contributed by atoms with van der Waals surface area (Å²) in [5, 5.41) is 0. The molecule has 7 heteroatoms. The molecule has 2 aliphatic rings. The standard InChI is InChI=1S/C20H31N3O3S/c1-17(2)18-5-7-19(8-6-18)27(25,26)23-15-13-22(14-16-23)20(24)9-12-21-10-3-4-11-21/h5-8,17H,3-4,9-16H2,1-2H3. The first-order valence-corrected chi connectivity index (χ1v) is 11.4. The molecule has 150 valence electrons. The van der Waals surface area contributed by atoms with Gasteiger partial charge in [-0.2, -0.15) is 4.31 Å². The van der Waals surface area contributed by atoms with E-state index in [1.54, 1.807) is 12.1 Å². The highest BCUT2D eigenvalue weighted by Gasteiger charge is 2.30. The van der Waals surface area contributed by atoms with Gasteiger partial charge in [0.1, 0.15) is 0 Å². The van der Waals surface area contributed by atoms with Crippen molar-refractivity contribution in [1.29, 1.82) is 0 Å². The van der Waals surface area contributed by atoms with Crippen LogP contribution < -0.4 is 0 Å². The first-order chi connectivity index (χ1) is 12.9. The van der Waals surface area contributed by atoms with Crippen molar-refractivity contribution in [3.05, 3.63) is 29.8 Å². The Bertz CT molecular complexity index is 732. The van der Waals surface area contributed by atoms with Gasteiger partial charge in [0.2, 0.25) is 15.9 Å². The summed E-state index contributed by atoms with van der Waals surface area (Å²) in [4.78, 5) is 16.9. The molecular weight excluding hydrogens is 362 g/mol. The Morgan fingerprint density at radius 3 is 2.11 bits per heavy atom. The average Bonchev–Trinajstić information content (AvgIpc) is 3.20. The third-order valence-corrected chi connectivity index (χ3v) is 7.53. The molecule has 27 heavy (non-hydrogen) atoms. The van der Waals surface area contributed by atoms with Crippen LogP contribution in [0.1, 0.15) is 44.6 Å². The van der Waals surface area contributed by atoms with Gasteiger partial charge in [-0.1, -0.05) is 26.0 Å². The highest BCUT2D eigenvalue weighted by atomic mass is 32.2. The van der Waals surface area contributed by atoms with Crippen LogP contribution in [-0.2, 0) is 14.8 Å². The van der Waals surface area contributed by atoms with Crippen LogP contribution in [0.5, 0.6) is 0 Å². The molecule has 0 aromatic heterocycles. The molecule has 0 aliphatic carbocycles. The Morgan fingerprint density at radius 1 is 0.963 bits per heavy atom. The summed E-state index contributed by atoms with van der Waals surface area (Å²) in [6.07, 6.45) is 2.98. The molecule has 1 amide bonds. The Balaban J connectivity index is 1.53. The Kier molecular flexibility index (Phi) is 6.55. The molecule has 0 spiro atoms. The third-order valence-electron chi connectivity index (χ3n) is 5.62. The van der Waals surface area contributed by atoms with Gasteiger partial charge in [-0.25, -0.2) is 8.42 Å². The molecule has 1 aromatic carbocycles. The summed E-state index contributed by atoms with van der Waals surface area (Å²) in [6, 6.07) is 7.15. The molecule has 0 radical (unpaired) electrons. The molecule has 0 bridgehead atoms. The van der Waals surface area contributed by atoms with E-state index in [0.717, 1.165) is 25.2 Å². The van der Waals surface area contributed by atoms with Crippen molar-refractivity contribution in [1.82, 2.24) is 14.1 Å². The van der Waals surface area contributed by atoms with Gasteiger partial charge in [0.05, 0.1) is 4.90 Å². The summed E-state index contributed by atoms with van der Waals surface area (Å²) in [5.41, 5.74) is 1.13. The number of likely N-dealkylation sites (tertiary alicyclic amines) is 1. The van der Waals surface area contributed by atoms with Crippen molar-refractivity contribution in [2.24, 2.45) is 0 Å². The summed E-state index contributed by atoms with van der Waals surface area (Å²) in [5.74, 6) is 0.511. The fourth-order valence-corrected chi connectivity index (χ4v) is 5.19. The number of carbonyl (C=O) groups is 1. The second kappa shape index (κ2) is 8.71. The molecule has 0 unspecified atom stereocenters. The van der Waals surface area contributed by atoms with Crippen LogP contribution >= 0.6 is 0 Å². The maximum atomic E-state index is 12.9. The van der Waals surface area contributed by atoms with Gasteiger partial charge in [-0.05, 0) is 49.5 Å². The van der Waals surface area contributed by atoms with Crippen LogP contribution in [0.15, 0.2) is 29.2 Å². The number of carbonyl (C=O) groups excluding carboxylic acids is 1. The Hall–Kier alpha value is -1.44. The topological polar surface area (TPSA) is 60.9 Å². The lowest BCUT2D eigenvalue weighted by atomic mass is 10.0. The molecule has 3 rings (SSSR count). The van der Waals surface area contributed by atoms with E-state index in [9.17, 15) is 13.2 Å². The number of rotatable bonds is 6. The number of sulfonamides is 1. The lowest BCUT2D eigenvalue weighted by Gasteiger charge is -2.34. The minimum absolute atomic E-state index is 0.139. The van der Waals surface area contributed by atoms with Gasteiger partial charge < -0.3 is 9.80 Å². The average molecular weight is 394 g/mol. The number of piperazine rings is 1. The maximum absolute atomic E-state index is 12.9. The van der Waals surface area contributed by atoms with Crippen molar-refractivity contribution in [3.8, 4) is 0 Å². The number of nitrogens with zero attached hydrogens (tertiary/aromatic N) is 3. The first-order valence-electron chi connectivity index (χ1n) is 9.98. The SMILES string of the molecule is CC(C)c1ccc(S(=O)(=O)N2CCN(C(=O)CCN3CCCC3)CC2)cc1. The zero-order valence-electron chi connectivity index (χ0n) is 16.4. The van der Waals surface area contributed by atoms with Crippen LogP contribution in [0, 0.1) is 0 Å². The van der Waals surface area contributed by atoms with E-state index in [4.69, 9.17) is 0 Å². The highest BCUT2D eigenvalue weighted by Crippen LogP contribution is 2.21. The van der Waals surface area contributed by atoms with E-state index in [0.29, 0.717) is 43.4 Å². The highest BCUT2D eigenvalue weighted by molar-refractivity contribution is 7.89. The monoisotopic (exact) mass is 393 g/mol. The second-order valence-electron chi connectivity index (χ2n) is 7.81. The van der Waals surface area contributed by atoms with Crippen LogP contribution in [-0.4, -0.2) is 74.2 Å². The van der Waals surface area contributed by atoms with E-state index in [-0.39, 0.29) is 5.91 Å². The summed E-state index contributed by atoms with van der Waals surface area (Å²) in [7, 11) is -3.49. The van der Waals surface area contributed by atoms with Crippen LogP contribution in [0.3, 0.4) is 0 Å². The number of amides is 1. The summed E-state index contributed by atoms with van der Waals surface area (Å²) in [6.45, 7) is 8.86. The molecule has 1 aromatic rings. The number of hydrogen-bond donors (Lipinski definition) is 0. The number of benzene rings is 1. The zero-order chi connectivity index (χ0) is 19.4. The zero-order valence-corrected chi connectivity index (χ0v) is 17.2. The molecular formula is C20H31N3O3S. The van der Waals surface area contributed by atoms with Gasteiger partial charge in [0, 0.05) is 39.1 Å². The van der Waals surface area contributed by atoms with Crippen molar-refractivity contribution in [3.63, 3.8) is 0 Å².